The second-order valence-corrected chi connectivity index (χ2v) is 7.86. The summed E-state index contributed by atoms with van der Waals surface area (Å²) < 4.78 is 5.39. The van der Waals surface area contributed by atoms with Gasteiger partial charge in [0.05, 0.1) is 5.60 Å². The molecule has 2 heterocycles. The average Bonchev–Trinajstić information content (AvgIpc) is 3.06. The highest BCUT2D eigenvalue weighted by Gasteiger charge is 2.31. The van der Waals surface area contributed by atoms with E-state index in [1.54, 1.807) is 16.2 Å². The summed E-state index contributed by atoms with van der Waals surface area (Å²) in [7, 11) is 0. The lowest BCUT2D eigenvalue weighted by Gasteiger charge is -2.26. The highest BCUT2D eigenvalue weighted by molar-refractivity contribution is 7.08. The number of carbonyl (C=O) groups excluding carboxylic acids is 1. The van der Waals surface area contributed by atoms with Gasteiger partial charge in [-0.25, -0.2) is 4.79 Å². The minimum Gasteiger partial charge on any atom is -0.444 e. The number of nitrogens with one attached hydrogen (secondary N) is 1. The van der Waals surface area contributed by atoms with Crippen molar-refractivity contribution >= 4 is 17.4 Å². The number of hydrogen-bond acceptors (Lipinski definition) is 5. The molecule has 2 unspecified atom stereocenters. The highest BCUT2D eigenvalue weighted by atomic mass is 32.1. The van der Waals surface area contributed by atoms with E-state index in [-0.39, 0.29) is 12.1 Å². The van der Waals surface area contributed by atoms with E-state index in [1.165, 1.54) is 0 Å². The predicted octanol–water partition coefficient (Wildman–Crippen LogP) is 2.55. The second-order valence-electron chi connectivity index (χ2n) is 7.08. The van der Waals surface area contributed by atoms with Gasteiger partial charge in [0.15, 0.2) is 0 Å². The smallest absolute Gasteiger partial charge is 0.410 e. The summed E-state index contributed by atoms with van der Waals surface area (Å²) in [6.45, 7) is 9.19. The molecule has 2 atom stereocenters. The Labute approximate surface area is 136 Å². The lowest BCUT2D eigenvalue weighted by atomic mass is 9.99. The SMILES string of the molecule is CC(C)(C)OC(=O)N1CCC(NCC(C)(O)c2ccsc2)C1. The van der Waals surface area contributed by atoms with Gasteiger partial charge in [-0.2, -0.15) is 11.3 Å². The van der Waals surface area contributed by atoms with Crippen LogP contribution in [0.5, 0.6) is 0 Å². The third-order valence-corrected chi connectivity index (χ3v) is 4.40. The Balaban J connectivity index is 1.80. The van der Waals surface area contributed by atoms with E-state index in [1.807, 2.05) is 44.5 Å². The average molecular weight is 326 g/mol. The van der Waals surface area contributed by atoms with E-state index in [4.69, 9.17) is 4.74 Å². The molecule has 1 aromatic heterocycles. The lowest BCUT2D eigenvalue weighted by molar-refractivity contribution is 0.0286. The molecule has 1 aromatic rings. The number of aliphatic hydroxyl groups is 1. The van der Waals surface area contributed by atoms with Crippen LogP contribution < -0.4 is 5.32 Å². The zero-order valence-electron chi connectivity index (χ0n) is 13.8. The van der Waals surface area contributed by atoms with Crippen LogP contribution in [0, 0.1) is 0 Å². The largest absolute Gasteiger partial charge is 0.444 e. The molecule has 0 aliphatic carbocycles. The molecule has 0 radical (unpaired) electrons. The minimum atomic E-state index is -0.890. The zero-order valence-corrected chi connectivity index (χ0v) is 14.6. The Morgan fingerprint density at radius 3 is 2.82 bits per heavy atom. The normalized spacial score (nSPS) is 21.7. The van der Waals surface area contributed by atoms with Gasteiger partial charge in [0, 0.05) is 25.7 Å². The number of rotatable bonds is 4. The molecule has 22 heavy (non-hydrogen) atoms. The van der Waals surface area contributed by atoms with Crippen LogP contribution in [-0.4, -0.2) is 47.4 Å². The number of carbonyl (C=O) groups is 1. The van der Waals surface area contributed by atoms with E-state index in [2.05, 4.69) is 5.32 Å². The number of nitrogens with zero attached hydrogens (tertiary/aromatic N) is 1. The quantitative estimate of drug-likeness (QED) is 0.893. The molecule has 0 bridgehead atoms. The molecule has 1 aliphatic rings. The van der Waals surface area contributed by atoms with Crippen LogP contribution in [0.25, 0.3) is 0 Å². The van der Waals surface area contributed by atoms with E-state index in [0.717, 1.165) is 12.0 Å². The molecule has 0 spiro atoms. The monoisotopic (exact) mass is 326 g/mol. The summed E-state index contributed by atoms with van der Waals surface area (Å²) in [5.41, 5.74) is -0.433. The van der Waals surface area contributed by atoms with Gasteiger partial charge in [-0.15, -0.1) is 0 Å². The van der Waals surface area contributed by atoms with Crippen LogP contribution >= 0.6 is 11.3 Å². The number of amides is 1. The van der Waals surface area contributed by atoms with E-state index in [0.29, 0.717) is 19.6 Å². The summed E-state index contributed by atoms with van der Waals surface area (Å²) in [6.07, 6.45) is 0.611. The Bertz CT molecular complexity index is 494. The third-order valence-electron chi connectivity index (χ3n) is 3.72. The maximum Gasteiger partial charge on any atom is 0.410 e. The van der Waals surface area contributed by atoms with Crippen LogP contribution in [0.3, 0.4) is 0 Å². The summed E-state index contributed by atoms with van der Waals surface area (Å²) in [5, 5.41) is 17.8. The van der Waals surface area contributed by atoms with Gasteiger partial charge in [0.25, 0.3) is 0 Å². The maximum atomic E-state index is 12.0. The molecule has 0 aromatic carbocycles. The van der Waals surface area contributed by atoms with Gasteiger partial charge >= 0.3 is 6.09 Å². The van der Waals surface area contributed by atoms with Crippen molar-refractivity contribution in [1.82, 2.24) is 10.2 Å². The van der Waals surface area contributed by atoms with Crippen LogP contribution in [0.1, 0.15) is 39.7 Å². The van der Waals surface area contributed by atoms with Crippen molar-refractivity contribution in [2.45, 2.75) is 51.4 Å². The molecule has 0 saturated carbocycles. The molecule has 2 N–H and O–H groups in total. The number of hydrogen-bond donors (Lipinski definition) is 2. The third kappa shape index (κ3) is 4.69. The summed E-state index contributed by atoms with van der Waals surface area (Å²) in [4.78, 5) is 13.7. The van der Waals surface area contributed by atoms with Gasteiger partial charge in [0.2, 0.25) is 0 Å². The fourth-order valence-electron chi connectivity index (χ4n) is 2.44. The second kappa shape index (κ2) is 6.56. The molecule has 6 heteroatoms. The molecule has 5 nitrogen and oxygen atoms in total. The molecule has 1 aliphatic heterocycles. The number of likely N-dealkylation sites (tertiary alicyclic amines) is 1. The first-order valence-electron chi connectivity index (χ1n) is 7.64. The molecule has 1 saturated heterocycles. The van der Waals surface area contributed by atoms with Crippen LogP contribution in [0.4, 0.5) is 4.79 Å². The highest BCUT2D eigenvalue weighted by Crippen LogP contribution is 2.23. The fraction of sp³-hybridized carbons (Fsp3) is 0.688. The standard InChI is InChI=1S/C16H26N2O3S/c1-15(2,3)21-14(19)18-7-5-13(9-18)17-11-16(4,20)12-6-8-22-10-12/h6,8,10,13,17,20H,5,7,9,11H2,1-4H3. The lowest BCUT2D eigenvalue weighted by Crippen LogP contribution is -2.43. The number of thiophene rings is 1. The molecule has 124 valence electrons. The zero-order chi connectivity index (χ0) is 16.4. The Hall–Kier alpha value is -1.11. The van der Waals surface area contributed by atoms with E-state index >= 15 is 0 Å². The van der Waals surface area contributed by atoms with Crippen LogP contribution in [0.2, 0.25) is 0 Å². The molecule has 2 rings (SSSR count). The van der Waals surface area contributed by atoms with E-state index < -0.39 is 11.2 Å². The first-order valence-corrected chi connectivity index (χ1v) is 8.58. The first-order chi connectivity index (χ1) is 10.2. The molecular weight excluding hydrogens is 300 g/mol. The summed E-state index contributed by atoms with van der Waals surface area (Å²) in [6, 6.07) is 2.13. The molecule has 1 amide bonds. The topological polar surface area (TPSA) is 61.8 Å². The fourth-order valence-corrected chi connectivity index (χ4v) is 3.22. The number of ether oxygens (including phenoxy) is 1. The summed E-state index contributed by atoms with van der Waals surface area (Å²) >= 11 is 1.58. The van der Waals surface area contributed by atoms with Crippen molar-refractivity contribution < 1.29 is 14.6 Å². The van der Waals surface area contributed by atoms with E-state index in [9.17, 15) is 9.90 Å². The van der Waals surface area contributed by atoms with Gasteiger partial charge < -0.3 is 20.1 Å². The van der Waals surface area contributed by atoms with Gasteiger partial charge in [-0.3, -0.25) is 0 Å². The predicted molar refractivity (Wildman–Crippen MR) is 88.1 cm³/mol. The van der Waals surface area contributed by atoms with Crippen molar-refractivity contribution in [1.29, 1.82) is 0 Å². The van der Waals surface area contributed by atoms with Gasteiger partial charge in [0.1, 0.15) is 5.60 Å². The van der Waals surface area contributed by atoms with Crippen LogP contribution in [-0.2, 0) is 10.3 Å². The maximum absolute atomic E-state index is 12.0. The Morgan fingerprint density at radius 2 is 2.23 bits per heavy atom. The van der Waals surface area contributed by atoms with Crippen molar-refractivity contribution in [3.8, 4) is 0 Å². The molecular formula is C16H26N2O3S. The minimum absolute atomic E-state index is 0.192. The van der Waals surface area contributed by atoms with Crippen molar-refractivity contribution in [2.75, 3.05) is 19.6 Å². The first kappa shape index (κ1) is 17.2. The van der Waals surface area contributed by atoms with Gasteiger partial charge in [-0.05, 0) is 56.5 Å². The van der Waals surface area contributed by atoms with Crippen molar-refractivity contribution in [3.05, 3.63) is 22.4 Å². The Kier molecular flexibility index (Phi) is 5.14. The summed E-state index contributed by atoms with van der Waals surface area (Å²) in [5.74, 6) is 0. The van der Waals surface area contributed by atoms with Crippen LogP contribution in [0.15, 0.2) is 16.8 Å². The van der Waals surface area contributed by atoms with Crippen molar-refractivity contribution in [3.63, 3.8) is 0 Å². The van der Waals surface area contributed by atoms with Crippen molar-refractivity contribution in [2.24, 2.45) is 0 Å². The van der Waals surface area contributed by atoms with Gasteiger partial charge in [-0.1, -0.05) is 0 Å². The molecule has 1 fully saturated rings. The Morgan fingerprint density at radius 1 is 1.50 bits per heavy atom.